The van der Waals surface area contributed by atoms with E-state index in [0.29, 0.717) is 17.8 Å². The zero-order valence-electron chi connectivity index (χ0n) is 15.4. The number of hydrogen-bond donors (Lipinski definition) is 1. The standard InChI is InChI=1S/C20H23FN2O3/c1-13(20(25)22-17-7-5-6-16(11-17)14(2)24)23(3)12-15-8-9-19(26-4)18(21)10-15/h5-11,13H,12H2,1-4H3,(H,22,25)/t13-/m1/s1. The van der Waals surface area contributed by atoms with Crippen LogP contribution in [-0.2, 0) is 11.3 Å². The number of benzene rings is 2. The first kappa shape index (κ1) is 19.6. The maximum Gasteiger partial charge on any atom is 0.241 e. The first-order chi connectivity index (χ1) is 12.3. The quantitative estimate of drug-likeness (QED) is 0.770. The third-order valence-corrected chi connectivity index (χ3v) is 4.23. The molecule has 2 aromatic carbocycles. The van der Waals surface area contributed by atoms with E-state index in [1.807, 2.05) is 4.90 Å². The Morgan fingerprint density at radius 1 is 1.23 bits per heavy atom. The average molecular weight is 358 g/mol. The first-order valence-corrected chi connectivity index (χ1v) is 8.26. The Labute approximate surface area is 152 Å². The molecule has 1 amide bonds. The van der Waals surface area contributed by atoms with Gasteiger partial charge in [0.2, 0.25) is 5.91 Å². The van der Waals surface area contributed by atoms with Gasteiger partial charge < -0.3 is 10.1 Å². The lowest BCUT2D eigenvalue weighted by Gasteiger charge is -2.24. The highest BCUT2D eigenvalue weighted by Gasteiger charge is 2.19. The van der Waals surface area contributed by atoms with Crippen LogP contribution in [0.4, 0.5) is 10.1 Å². The molecule has 26 heavy (non-hydrogen) atoms. The van der Waals surface area contributed by atoms with Gasteiger partial charge in [0, 0.05) is 17.8 Å². The number of Topliss-reactive ketones (excluding diaryl/α,β-unsaturated/α-hetero) is 1. The van der Waals surface area contributed by atoms with Crippen LogP contribution in [0.25, 0.3) is 0 Å². The number of nitrogens with one attached hydrogen (secondary N) is 1. The Balaban J connectivity index is 2.02. The highest BCUT2D eigenvalue weighted by Crippen LogP contribution is 2.19. The molecular weight excluding hydrogens is 335 g/mol. The van der Waals surface area contributed by atoms with E-state index < -0.39 is 11.9 Å². The lowest BCUT2D eigenvalue weighted by molar-refractivity contribution is -0.120. The topological polar surface area (TPSA) is 58.6 Å². The molecule has 5 nitrogen and oxygen atoms in total. The van der Waals surface area contributed by atoms with E-state index in [4.69, 9.17) is 4.74 Å². The van der Waals surface area contributed by atoms with Crippen molar-refractivity contribution in [1.29, 1.82) is 0 Å². The Morgan fingerprint density at radius 3 is 2.58 bits per heavy atom. The monoisotopic (exact) mass is 358 g/mol. The number of rotatable bonds is 7. The number of ketones is 1. The van der Waals surface area contributed by atoms with Crippen LogP contribution >= 0.6 is 0 Å². The summed E-state index contributed by atoms with van der Waals surface area (Å²) >= 11 is 0. The fraction of sp³-hybridized carbons (Fsp3) is 0.300. The molecule has 0 saturated heterocycles. The van der Waals surface area contributed by atoms with Crippen LogP contribution in [0.15, 0.2) is 42.5 Å². The second-order valence-corrected chi connectivity index (χ2v) is 6.19. The van der Waals surface area contributed by atoms with Crippen LogP contribution in [0.1, 0.15) is 29.8 Å². The van der Waals surface area contributed by atoms with Crippen LogP contribution in [0, 0.1) is 5.82 Å². The zero-order valence-corrected chi connectivity index (χ0v) is 15.4. The van der Waals surface area contributed by atoms with E-state index in [0.717, 1.165) is 5.56 Å². The highest BCUT2D eigenvalue weighted by atomic mass is 19.1. The number of carbonyl (C=O) groups excluding carboxylic acids is 2. The molecule has 0 aromatic heterocycles. The minimum absolute atomic E-state index is 0.0622. The number of carbonyl (C=O) groups is 2. The van der Waals surface area contributed by atoms with Crippen LogP contribution in [0.2, 0.25) is 0 Å². The van der Waals surface area contributed by atoms with Crippen molar-refractivity contribution >= 4 is 17.4 Å². The van der Waals surface area contributed by atoms with Crippen molar-refractivity contribution in [3.63, 3.8) is 0 Å². The molecule has 0 aliphatic rings. The fourth-order valence-electron chi connectivity index (χ4n) is 2.50. The van der Waals surface area contributed by atoms with Gasteiger partial charge in [-0.05, 0) is 50.7 Å². The van der Waals surface area contributed by atoms with E-state index in [-0.39, 0.29) is 17.4 Å². The molecule has 0 spiro atoms. The van der Waals surface area contributed by atoms with Gasteiger partial charge in [-0.1, -0.05) is 18.2 Å². The Bertz CT molecular complexity index is 807. The molecule has 0 radical (unpaired) electrons. The van der Waals surface area contributed by atoms with Gasteiger partial charge in [-0.15, -0.1) is 0 Å². The summed E-state index contributed by atoms with van der Waals surface area (Å²) in [5, 5.41) is 2.81. The fourth-order valence-corrected chi connectivity index (χ4v) is 2.50. The number of amides is 1. The summed E-state index contributed by atoms with van der Waals surface area (Å²) in [6, 6.07) is 11.1. The number of likely N-dealkylation sites (N-methyl/N-ethyl adjacent to an activating group) is 1. The second kappa shape index (κ2) is 8.58. The average Bonchev–Trinajstić information content (AvgIpc) is 2.61. The molecule has 2 rings (SSSR count). The van der Waals surface area contributed by atoms with Crippen molar-refractivity contribution in [2.75, 3.05) is 19.5 Å². The molecule has 0 heterocycles. The lowest BCUT2D eigenvalue weighted by Crippen LogP contribution is -2.39. The summed E-state index contributed by atoms with van der Waals surface area (Å²) in [4.78, 5) is 25.7. The Kier molecular flexibility index (Phi) is 6.46. The van der Waals surface area contributed by atoms with Crippen molar-refractivity contribution < 1.29 is 18.7 Å². The summed E-state index contributed by atoms with van der Waals surface area (Å²) in [6.07, 6.45) is 0. The van der Waals surface area contributed by atoms with E-state index in [2.05, 4.69) is 5.32 Å². The predicted octanol–water partition coefficient (Wildman–Crippen LogP) is 3.50. The van der Waals surface area contributed by atoms with Gasteiger partial charge in [-0.2, -0.15) is 0 Å². The zero-order chi connectivity index (χ0) is 19.3. The largest absolute Gasteiger partial charge is 0.494 e. The predicted molar refractivity (Wildman–Crippen MR) is 99.0 cm³/mol. The van der Waals surface area contributed by atoms with E-state index in [9.17, 15) is 14.0 Å². The van der Waals surface area contributed by atoms with Crippen LogP contribution in [0.3, 0.4) is 0 Å². The van der Waals surface area contributed by atoms with Crippen LogP contribution in [0.5, 0.6) is 5.75 Å². The number of methoxy groups -OCH3 is 1. The Morgan fingerprint density at radius 2 is 1.96 bits per heavy atom. The Hall–Kier alpha value is -2.73. The molecule has 0 unspecified atom stereocenters. The van der Waals surface area contributed by atoms with Crippen molar-refractivity contribution in [2.24, 2.45) is 0 Å². The summed E-state index contributed by atoms with van der Waals surface area (Å²) in [5.74, 6) is -0.515. The molecule has 1 N–H and O–H groups in total. The number of ether oxygens (including phenoxy) is 1. The summed E-state index contributed by atoms with van der Waals surface area (Å²) in [7, 11) is 3.20. The second-order valence-electron chi connectivity index (χ2n) is 6.19. The molecule has 6 heteroatoms. The van der Waals surface area contributed by atoms with Crippen LogP contribution in [-0.4, -0.2) is 36.8 Å². The molecule has 1 atom stereocenters. The highest BCUT2D eigenvalue weighted by molar-refractivity contribution is 5.98. The van der Waals surface area contributed by atoms with Crippen molar-refractivity contribution in [2.45, 2.75) is 26.4 Å². The third-order valence-electron chi connectivity index (χ3n) is 4.23. The van der Waals surface area contributed by atoms with Gasteiger partial charge in [0.15, 0.2) is 17.3 Å². The maximum atomic E-state index is 13.8. The first-order valence-electron chi connectivity index (χ1n) is 8.26. The lowest BCUT2D eigenvalue weighted by atomic mass is 10.1. The normalized spacial score (nSPS) is 11.9. The van der Waals surface area contributed by atoms with Crippen LogP contribution < -0.4 is 10.1 Å². The van der Waals surface area contributed by atoms with E-state index >= 15 is 0 Å². The molecule has 0 fully saturated rings. The molecule has 0 aliphatic carbocycles. The van der Waals surface area contributed by atoms with Gasteiger partial charge in [0.1, 0.15) is 0 Å². The van der Waals surface area contributed by atoms with Gasteiger partial charge in [0.05, 0.1) is 13.2 Å². The van der Waals surface area contributed by atoms with Gasteiger partial charge in [-0.25, -0.2) is 4.39 Å². The molecule has 0 saturated carbocycles. The minimum atomic E-state index is -0.443. The molecule has 2 aromatic rings. The number of hydrogen-bond acceptors (Lipinski definition) is 4. The maximum absolute atomic E-state index is 13.8. The van der Waals surface area contributed by atoms with Gasteiger partial charge in [0.25, 0.3) is 0 Å². The SMILES string of the molecule is COc1ccc(CN(C)[C@H](C)C(=O)Nc2cccc(C(C)=O)c2)cc1F. The molecule has 0 bridgehead atoms. The molecular formula is C20H23FN2O3. The molecule has 138 valence electrons. The smallest absolute Gasteiger partial charge is 0.241 e. The van der Waals surface area contributed by atoms with Gasteiger partial charge in [-0.3, -0.25) is 14.5 Å². The number of nitrogens with zero attached hydrogens (tertiary/aromatic N) is 1. The summed E-state index contributed by atoms with van der Waals surface area (Å²) < 4.78 is 18.7. The van der Waals surface area contributed by atoms with E-state index in [1.165, 1.54) is 20.1 Å². The summed E-state index contributed by atoms with van der Waals surface area (Å²) in [6.45, 7) is 3.65. The van der Waals surface area contributed by atoms with E-state index in [1.54, 1.807) is 50.4 Å². The summed E-state index contributed by atoms with van der Waals surface area (Å²) in [5.41, 5.74) is 1.85. The van der Waals surface area contributed by atoms with Gasteiger partial charge >= 0.3 is 0 Å². The molecule has 0 aliphatic heterocycles. The van der Waals surface area contributed by atoms with Crippen molar-refractivity contribution in [1.82, 2.24) is 4.90 Å². The third kappa shape index (κ3) is 4.89. The number of anilines is 1. The van der Waals surface area contributed by atoms with Crippen molar-refractivity contribution in [3.8, 4) is 5.75 Å². The minimum Gasteiger partial charge on any atom is -0.494 e. The number of halogens is 1. The van der Waals surface area contributed by atoms with Crippen molar-refractivity contribution in [3.05, 3.63) is 59.4 Å².